The summed E-state index contributed by atoms with van der Waals surface area (Å²) in [5, 5.41) is 0.282. The fourth-order valence-corrected chi connectivity index (χ4v) is 4.24. The van der Waals surface area contributed by atoms with Crippen LogP contribution in [0.1, 0.15) is 30.0 Å². The lowest BCUT2D eigenvalue weighted by atomic mass is 9.76. The van der Waals surface area contributed by atoms with E-state index in [-0.39, 0.29) is 28.6 Å². The van der Waals surface area contributed by atoms with Gasteiger partial charge in [0, 0.05) is 39.1 Å². The molecule has 0 bridgehead atoms. The Morgan fingerprint density at radius 2 is 1.86 bits per heavy atom. The number of aliphatic imine (C=N–C) groups is 1. The van der Waals surface area contributed by atoms with Gasteiger partial charge >= 0.3 is 12.1 Å². The van der Waals surface area contributed by atoms with Crippen LogP contribution in [-0.4, -0.2) is 24.4 Å². The van der Waals surface area contributed by atoms with E-state index in [0.717, 1.165) is 0 Å². The normalized spacial score (nSPS) is 19.2. The first kappa shape index (κ1) is 22.1. The van der Waals surface area contributed by atoms with Crippen molar-refractivity contribution in [2.45, 2.75) is 31.5 Å². The first-order chi connectivity index (χ1) is 13.5. The average molecular weight is 509 g/mol. The minimum absolute atomic E-state index is 0.00760. The van der Waals surface area contributed by atoms with Crippen LogP contribution >= 0.6 is 39.1 Å². The van der Waals surface area contributed by atoms with Crippen molar-refractivity contribution in [1.29, 1.82) is 0 Å². The molecule has 0 fully saturated rings. The lowest BCUT2D eigenvalue weighted by Crippen LogP contribution is -2.43. The number of rotatable bonds is 4. The summed E-state index contributed by atoms with van der Waals surface area (Å²) in [4.78, 5) is 15.2. The molecule has 1 aliphatic rings. The van der Waals surface area contributed by atoms with Crippen molar-refractivity contribution in [3.63, 3.8) is 0 Å². The van der Waals surface area contributed by atoms with Gasteiger partial charge in [-0.15, -0.1) is 0 Å². The Morgan fingerprint density at radius 1 is 1.21 bits per heavy atom. The van der Waals surface area contributed by atoms with Gasteiger partial charge in [0.2, 0.25) is 0 Å². The van der Waals surface area contributed by atoms with Gasteiger partial charge in [-0.1, -0.05) is 51.3 Å². The zero-order chi connectivity index (χ0) is 21.4. The Morgan fingerprint density at radius 3 is 2.41 bits per heavy atom. The van der Waals surface area contributed by atoms with E-state index in [0.29, 0.717) is 21.3 Å². The minimum Gasteiger partial charge on any atom is -0.461 e. The van der Waals surface area contributed by atoms with E-state index in [1.807, 2.05) is 0 Å². The Hall–Kier alpha value is -1.57. The molecular formula is C20H15BrCl2F3NO2. The van der Waals surface area contributed by atoms with Crippen molar-refractivity contribution in [3.8, 4) is 0 Å². The lowest BCUT2D eigenvalue weighted by molar-refractivity contribution is -0.183. The van der Waals surface area contributed by atoms with Gasteiger partial charge in [0.25, 0.3) is 0 Å². The summed E-state index contributed by atoms with van der Waals surface area (Å²) in [6.45, 7) is 0.917. The zero-order valence-electron chi connectivity index (χ0n) is 15.1. The van der Waals surface area contributed by atoms with Crippen molar-refractivity contribution in [2.24, 2.45) is 4.99 Å². The molecule has 0 aliphatic carbocycles. The number of benzene rings is 2. The van der Waals surface area contributed by atoms with Crippen LogP contribution in [0.25, 0.3) is 0 Å². The average Bonchev–Trinajstić information content (AvgIpc) is 3.06. The SMILES string of the molecule is CC(=O)OCc1ccc(C2=NCC(c3cc(Cl)cc(Cl)c3)(C(F)(F)F)C2)cc1Br. The summed E-state index contributed by atoms with van der Waals surface area (Å²) in [5.74, 6) is -0.420. The topological polar surface area (TPSA) is 38.7 Å². The molecule has 0 amide bonds. The van der Waals surface area contributed by atoms with Crippen molar-refractivity contribution in [2.75, 3.05) is 6.54 Å². The van der Waals surface area contributed by atoms with Crippen LogP contribution in [0.5, 0.6) is 0 Å². The molecule has 0 saturated carbocycles. The van der Waals surface area contributed by atoms with Crippen LogP contribution < -0.4 is 0 Å². The first-order valence-corrected chi connectivity index (χ1v) is 10.1. The number of esters is 1. The third-order valence-corrected chi connectivity index (χ3v) is 5.96. The smallest absolute Gasteiger partial charge is 0.400 e. The number of carbonyl (C=O) groups excluding carboxylic acids is 1. The Balaban J connectivity index is 1.93. The van der Waals surface area contributed by atoms with Crippen LogP contribution in [0.3, 0.4) is 0 Å². The largest absolute Gasteiger partial charge is 0.461 e. The summed E-state index contributed by atoms with van der Waals surface area (Å²) in [6.07, 6.45) is -4.87. The molecule has 2 aromatic rings. The van der Waals surface area contributed by atoms with Crippen molar-refractivity contribution >= 4 is 50.8 Å². The molecule has 29 heavy (non-hydrogen) atoms. The molecular weight excluding hydrogens is 494 g/mol. The van der Waals surface area contributed by atoms with Gasteiger partial charge in [-0.2, -0.15) is 13.2 Å². The molecule has 0 saturated heterocycles. The third kappa shape index (κ3) is 4.62. The Bertz CT molecular complexity index is 974. The molecule has 3 nitrogen and oxygen atoms in total. The molecule has 2 aromatic carbocycles. The number of carbonyl (C=O) groups is 1. The maximum Gasteiger partial charge on any atom is 0.400 e. The molecule has 0 N–H and O–H groups in total. The van der Waals surface area contributed by atoms with E-state index < -0.39 is 24.1 Å². The van der Waals surface area contributed by atoms with Crippen molar-refractivity contribution in [1.82, 2.24) is 0 Å². The maximum absolute atomic E-state index is 14.2. The van der Waals surface area contributed by atoms with Crippen LogP contribution in [0.2, 0.25) is 10.0 Å². The molecule has 0 aromatic heterocycles. The fourth-order valence-electron chi connectivity index (χ4n) is 3.22. The van der Waals surface area contributed by atoms with E-state index in [1.165, 1.54) is 25.1 Å². The van der Waals surface area contributed by atoms with Crippen LogP contribution in [-0.2, 0) is 21.6 Å². The van der Waals surface area contributed by atoms with Gasteiger partial charge in [0.05, 0.1) is 6.54 Å². The maximum atomic E-state index is 14.2. The van der Waals surface area contributed by atoms with Gasteiger partial charge in [-0.3, -0.25) is 9.79 Å². The summed E-state index contributed by atoms with van der Waals surface area (Å²) in [7, 11) is 0. The second kappa shape index (κ2) is 8.28. The molecule has 3 rings (SSSR count). The minimum atomic E-state index is -4.54. The molecule has 1 heterocycles. The predicted octanol–water partition coefficient (Wildman–Crippen LogP) is 6.51. The molecule has 1 aliphatic heterocycles. The zero-order valence-corrected chi connectivity index (χ0v) is 18.2. The third-order valence-electron chi connectivity index (χ3n) is 4.78. The molecule has 0 radical (unpaired) electrons. The van der Waals surface area contributed by atoms with E-state index in [4.69, 9.17) is 27.9 Å². The van der Waals surface area contributed by atoms with Crippen LogP contribution in [0.4, 0.5) is 13.2 Å². The quantitative estimate of drug-likeness (QED) is 0.441. The second-order valence-corrected chi connectivity index (χ2v) is 8.49. The molecule has 9 heteroatoms. The molecule has 1 unspecified atom stereocenters. The van der Waals surface area contributed by atoms with Gasteiger partial charge in [-0.25, -0.2) is 0 Å². The number of nitrogens with zero attached hydrogens (tertiary/aromatic N) is 1. The number of hydrogen-bond donors (Lipinski definition) is 0. The Kier molecular flexibility index (Phi) is 6.32. The monoisotopic (exact) mass is 507 g/mol. The number of hydrogen-bond acceptors (Lipinski definition) is 3. The van der Waals surface area contributed by atoms with E-state index in [9.17, 15) is 18.0 Å². The van der Waals surface area contributed by atoms with Gasteiger partial charge < -0.3 is 4.74 Å². The first-order valence-electron chi connectivity index (χ1n) is 8.50. The second-order valence-electron chi connectivity index (χ2n) is 6.76. The van der Waals surface area contributed by atoms with Crippen molar-refractivity contribution < 1.29 is 22.7 Å². The van der Waals surface area contributed by atoms with Crippen LogP contribution in [0.15, 0.2) is 45.9 Å². The highest BCUT2D eigenvalue weighted by atomic mass is 79.9. The Labute approximate surface area is 184 Å². The number of halogens is 6. The van der Waals surface area contributed by atoms with Gasteiger partial charge in [0.15, 0.2) is 0 Å². The van der Waals surface area contributed by atoms with Gasteiger partial charge in [0.1, 0.15) is 12.0 Å². The predicted molar refractivity (Wildman–Crippen MR) is 110 cm³/mol. The van der Waals surface area contributed by atoms with Gasteiger partial charge in [-0.05, 0) is 35.4 Å². The summed E-state index contributed by atoms with van der Waals surface area (Å²) in [5.41, 5.74) is -0.612. The highest BCUT2D eigenvalue weighted by molar-refractivity contribution is 9.10. The van der Waals surface area contributed by atoms with E-state index >= 15 is 0 Å². The van der Waals surface area contributed by atoms with E-state index in [2.05, 4.69) is 20.9 Å². The number of ether oxygens (including phenoxy) is 1. The van der Waals surface area contributed by atoms with E-state index in [1.54, 1.807) is 18.2 Å². The standard InChI is InChI=1S/C20H15BrCl2F3NO2/c1-11(28)29-9-13-3-2-12(4-17(13)21)18-8-19(10-27-18,20(24,25)26)14-5-15(22)7-16(23)6-14/h2-7H,8-10H2,1H3. The fraction of sp³-hybridized carbons (Fsp3) is 0.300. The highest BCUT2D eigenvalue weighted by Gasteiger charge is 2.58. The highest BCUT2D eigenvalue weighted by Crippen LogP contribution is 2.48. The molecule has 1 atom stereocenters. The molecule has 154 valence electrons. The molecule has 0 spiro atoms. The summed E-state index contributed by atoms with van der Waals surface area (Å²) < 4.78 is 48.0. The van der Waals surface area contributed by atoms with Crippen LogP contribution in [0, 0.1) is 0 Å². The lowest BCUT2D eigenvalue weighted by Gasteiger charge is -2.31. The summed E-state index contributed by atoms with van der Waals surface area (Å²) >= 11 is 15.3. The number of alkyl halides is 3. The summed E-state index contributed by atoms with van der Waals surface area (Å²) in [6, 6.07) is 9.00. The van der Waals surface area contributed by atoms with Crippen molar-refractivity contribution in [3.05, 3.63) is 67.6 Å².